The molecule has 0 radical (unpaired) electrons. The van der Waals surface area contributed by atoms with Crippen molar-refractivity contribution in [2.24, 2.45) is 5.73 Å². The third kappa shape index (κ3) is 6.58. The van der Waals surface area contributed by atoms with Gasteiger partial charge in [-0.25, -0.2) is 4.79 Å². The SMILES string of the molecule is CCC=CC(=O)N[C@@H](CCC(N)=O)C(=O)O. The average molecular weight is 228 g/mol. The highest BCUT2D eigenvalue weighted by Gasteiger charge is 2.19. The summed E-state index contributed by atoms with van der Waals surface area (Å²) >= 11 is 0. The van der Waals surface area contributed by atoms with Crippen molar-refractivity contribution in [2.75, 3.05) is 0 Å². The largest absolute Gasteiger partial charge is 0.480 e. The van der Waals surface area contributed by atoms with Crippen LogP contribution in [0.2, 0.25) is 0 Å². The average Bonchev–Trinajstić information content (AvgIpc) is 2.20. The number of carboxylic acid groups (broad SMARTS) is 1. The number of rotatable bonds is 7. The van der Waals surface area contributed by atoms with E-state index in [2.05, 4.69) is 5.32 Å². The predicted octanol–water partition coefficient (Wildman–Crippen LogP) is -0.212. The molecule has 0 saturated carbocycles. The van der Waals surface area contributed by atoms with Gasteiger partial charge in [0.2, 0.25) is 11.8 Å². The number of aliphatic carboxylic acids is 1. The molecule has 0 bridgehead atoms. The quantitative estimate of drug-likeness (QED) is 0.523. The zero-order valence-electron chi connectivity index (χ0n) is 9.10. The van der Waals surface area contributed by atoms with Crippen molar-refractivity contribution >= 4 is 17.8 Å². The molecule has 0 spiro atoms. The smallest absolute Gasteiger partial charge is 0.326 e. The first-order valence-electron chi connectivity index (χ1n) is 4.95. The summed E-state index contributed by atoms with van der Waals surface area (Å²) in [5, 5.41) is 11.0. The fraction of sp³-hybridized carbons (Fsp3) is 0.500. The molecule has 0 aromatic heterocycles. The molecule has 0 saturated heterocycles. The van der Waals surface area contributed by atoms with Crippen molar-refractivity contribution in [1.82, 2.24) is 5.32 Å². The number of carbonyl (C=O) groups excluding carboxylic acids is 2. The molecule has 0 aromatic rings. The minimum Gasteiger partial charge on any atom is -0.480 e. The van der Waals surface area contributed by atoms with E-state index >= 15 is 0 Å². The van der Waals surface area contributed by atoms with Crippen LogP contribution < -0.4 is 11.1 Å². The normalized spacial score (nSPS) is 12.3. The Bertz CT molecular complexity index is 299. The van der Waals surface area contributed by atoms with Gasteiger partial charge in [0.05, 0.1) is 0 Å². The van der Waals surface area contributed by atoms with Crippen LogP contribution in [0.1, 0.15) is 26.2 Å². The second kappa shape index (κ2) is 7.44. The maximum absolute atomic E-state index is 11.2. The van der Waals surface area contributed by atoms with Crippen LogP contribution in [0.4, 0.5) is 0 Å². The second-order valence-corrected chi connectivity index (χ2v) is 3.22. The first-order valence-corrected chi connectivity index (χ1v) is 4.95. The van der Waals surface area contributed by atoms with Gasteiger partial charge in [0.1, 0.15) is 6.04 Å². The van der Waals surface area contributed by atoms with E-state index in [1.807, 2.05) is 6.92 Å². The van der Waals surface area contributed by atoms with Gasteiger partial charge in [0.25, 0.3) is 0 Å². The number of primary amides is 1. The predicted molar refractivity (Wildman–Crippen MR) is 57.4 cm³/mol. The molecule has 0 aliphatic carbocycles. The number of amides is 2. The number of carboxylic acids is 1. The monoisotopic (exact) mass is 228 g/mol. The molecule has 1 atom stereocenters. The first-order chi connectivity index (χ1) is 7.47. The second-order valence-electron chi connectivity index (χ2n) is 3.22. The molecule has 0 heterocycles. The van der Waals surface area contributed by atoms with E-state index in [1.54, 1.807) is 6.08 Å². The van der Waals surface area contributed by atoms with Gasteiger partial charge in [0.15, 0.2) is 0 Å². The molecule has 6 nitrogen and oxygen atoms in total. The third-order valence-corrected chi connectivity index (χ3v) is 1.80. The molecule has 16 heavy (non-hydrogen) atoms. The topological polar surface area (TPSA) is 109 Å². The Morgan fingerprint density at radius 1 is 1.44 bits per heavy atom. The van der Waals surface area contributed by atoms with E-state index in [9.17, 15) is 14.4 Å². The van der Waals surface area contributed by atoms with E-state index in [0.29, 0.717) is 6.42 Å². The minimum absolute atomic E-state index is 0.00360. The molecule has 4 N–H and O–H groups in total. The Morgan fingerprint density at radius 3 is 2.50 bits per heavy atom. The minimum atomic E-state index is -1.18. The summed E-state index contributed by atoms with van der Waals surface area (Å²) in [4.78, 5) is 32.4. The first kappa shape index (κ1) is 14.2. The highest BCUT2D eigenvalue weighted by molar-refractivity contribution is 5.91. The summed E-state index contributed by atoms with van der Waals surface area (Å²) in [7, 11) is 0. The van der Waals surface area contributed by atoms with Crippen molar-refractivity contribution in [3.8, 4) is 0 Å². The van der Waals surface area contributed by atoms with Crippen LogP contribution in [0.15, 0.2) is 12.2 Å². The van der Waals surface area contributed by atoms with Crippen LogP contribution in [0.25, 0.3) is 0 Å². The third-order valence-electron chi connectivity index (χ3n) is 1.80. The zero-order chi connectivity index (χ0) is 12.6. The van der Waals surface area contributed by atoms with E-state index < -0.39 is 23.8 Å². The molecule has 2 amide bonds. The summed E-state index contributed by atoms with van der Waals surface area (Å²) in [6.45, 7) is 1.85. The molecule has 6 heteroatoms. The van der Waals surface area contributed by atoms with Gasteiger partial charge in [0, 0.05) is 6.42 Å². The molecule has 0 aromatic carbocycles. The van der Waals surface area contributed by atoms with Gasteiger partial charge >= 0.3 is 5.97 Å². The van der Waals surface area contributed by atoms with Gasteiger partial charge < -0.3 is 16.2 Å². The van der Waals surface area contributed by atoms with Crippen LogP contribution in [0, 0.1) is 0 Å². The Morgan fingerprint density at radius 2 is 2.06 bits per heavy atom. The van der Waals surface area contributed by atoms with Gasteiger partial charge in [-0.2, -0.15) is 0 Å². The highest BCUT2D eigenvalue weighted by atomic mass is 16.4. The van der Waals surface area contributed by atoms with Crippen LogP contribution in [0.3, 0.4) is 0 Å². The van der Waals surface area contributed by atoms with Crippen LogP contribution in [-0.2, 0) is 14.4 Å². The molecule has 0 fully saturated rings. The molecule has 0 aliphatic heterocycles. The van der Waals surface area contributed by atoms with Gasteiger partial charge in [-0.15, -0.1) is 0 Å². The van der Waals surface area contributed by atoms with E-state index in [-0.39, 0.29) is 12.8 Å². The maximum atomic E-state index is 11.2. The van der Waals surface area contributed by atoms with E-state index in [1.165, 1.54) is 6.08 Å². The van der Waals surface area contributed by atoms with Crippen molar-refractivity contribution in [2.45, 2.75) is 32.2 Å². The Hall–Kier alpha value is -1.85. The molecular formula is C10H16N2O4. The van der Waals surface area contributed by atoms with Crippen LogP contribution in [0.5, 0.6) is 0 Å². The highest BCUT2D eigenvalue weighted by Crippen LogP contribution is 1.97. The summed E-state index contributed by atoms with van der Waals surface area (Å²) in [6.07, 6.45) is 3.49. The number of hydrogen-bond donors (Lipinski definition) is 3. The Labute approximate surface area is 93.5 Å². The molecule has 0 unspecified atom stereocenters. The number of carbonyl (C=O) groups is 3. The number of allylic oxidation sites excluding steroid dienone is 1. The van der Waals surface area contributed by atoms with Crippen molar-refractivity contribution in [3.05, 3.63) is 12.2 Å². The summed E-state index contributed by atoms with van der Waals surface area (Å²) < 4.78 is 0. The van der Waals surface area contributed by atoms with E-state index in [0.717, 1.165) is 0 Å². The number of nitrogens with two attached hydrogens (primary N) is 1. The Balaban J connectivity index is 4.22. The molecule has 0 rings (SSSR count). The lowest BCUT2D eigenvalue weighted by atomic mass is 10.1. The summed E-state index contributed by atoms with van der Waals surface area (Å²) in [5.41, 5.74) is 4.89. The van der Waals surface area contributed by atoms with Crippen molar-refractivity contribution < 1.29 is 19.5 Å². The van der Waals surface area contributed by atoms with Crippen molar-refractivity contribution in [3.63, 3.8) is 0 Å². The summed E-state index contributed by atoms with van der Waals surface area (Å²) in [6, 6.07) is -1.08. The zero-order valence-corrected chi connectivity index (χ0v) is 9.10. The lowest BCUT2D eigenvalue weighted by Gasteiger charge is -2.11. The van der Waals surface area contributed by atoms with Crippen molar-refractivity contribution in [1.29, 1.82) is 0 Å². The lowest BCUT2D eigenvalue weighted by Crippen LogP contribution is -2.40. The number of nitrogens with one attached hydrogen (secondary N) is 1. The fourth-order valence-electron chi connectivity index (χ4n) is 0.989. The van der Waals surface area contributed by atoms with Crippen LogP contribution >= 0.6 is 0 Å². The summed E-state index contributed by atoms with van der Waals surface area (Å²) in [5.74, 6) is -2.26. The fourth-order valence-corrected chi connectivity index (χ4v) is 0.989. The molecular weight excluding hydrogens is 212 g/mol. The van der Waals surface area contributed by atoms with Crippen LogP contribution in [-0.4, -0.2) is 28.9 Å². The molecule has 0 aliphatic rings. The standard InChI is InChI=1S/C10H16N2O4/c1-2-3-4-9(14)12-7(10(15)16)5-6-8(11)13/h3-4,7H,2,5-6H2,1H3,(H2,11,13)(H,12,14)(H,15,16)/t7-/m0/s1. The van der Waals surface area contributed by atoms with E-state index in [4.69, 9.17) is 10.8 Å². The number of hydrogen-bond acceptors (Lipinski definition) is 3. The van der Waals surface area contributed by atoms with Gasteiger partial charge in [-0.05, 0) is 18.9 Å². The maximum Gasteiger partial charge on any atom is 0.326 e. The molecule has 90 valence electrons. The van der Waals surface area contributed by atoms with Gasteiger partial charge in [-0.1, -0.05) is 13.0 Å². The Kier molecular flexibility index (Phi) is 6.58. The lowest BCUT2D eigenvalue weighted by molar-refractivity contribution is -0.141. The van der Waals surface area contributed by atoms with Gasteiger partial charge in [-0.3, -0.25) is 9.59 Å².